The Bertz CT molecular complexity index is 177. The quantitative estimate of drug-likeness (QED) is 0.623. The number of nitrogens with two attached hydrogens (primary N) is 1. The van der Waals surface area contributed by atoms with Crippen LogP contribution in [-0.2, 0) is 0 Å². The van der Waals surface area contributed by atoms with E-state index < -0.39 is 0 Å². The molecule has 0 aliphatic carbocycles. The van der Waals surface area contributed by atoms with Crippen molar-refractivity contribution in [2.45, 2.75) is 20.3 Å². The fourth-order valence-electron chi connectivity index (χ4n) is 0.962. The summed E-state index contributed by atoms with van der Waals surface area (Å²) in [7, 11) is 0. The molecule has 0 aromatic rings. The molecule has 1 heteroatoms. The van der Waals surface area contributed by atoms with Crippen molar-refractivity contribution >= 4 is 0 Å². The van der Waals surface area contributed by atoms with Gasteiger partial charge in [0, 0.05) is 12.5 Å². The molecule has 0 amide bonds. The fourth-order valence-corrected chi connectivity index (χ4v) is 0.962. The monoisotopic (exact) mass is 165 g/mol. The topological polar surface area (TPSA) is 26.0 Å². The van der Waals surface area contributed by atoms with E-state index in [4.69, 9.17) is 5.73 Å². The second-order valence-corrected chi connectivity index (χ2v) is 2.75. The highest BCUT2D eigenvalue weighted by molar-refractivity contribution is 5.18. The van der Waals surface area contributed by atoms with E-state index in [2.05, 4.69) is 31.7 Å². The van der Waals surface area contributed by atoms with Crippen molar-refractivity contribution in [2.24, 2.45) is 11.7 Å². The van der Waals surface area contributed by atoms with Gasteiger partial charge in [-0.3, -0.25) is 0 Å². The van der Waals surface area contributed by atoms with Gasteiger partial charge in [0.05, 0.1) is 0 Å². The summed E-state index contributed by atoms with van der Waals surface area (Å²) in [5.74, 6) is 0.319. The summed E-state index contributed by atoms with van der Waals surface area (Å²) in [6, 6.07) is 0. The van der Waals surface area contributed by atoms with Crippen LogP contribution < -0.4 is 5.73 Å². The molecule has 0 bridgehead atoms. The van der Waals surface area contributed by atoms with E-state index in [0.29, 0.717) is 12.5 Å². The first-order valence-electron chi connectivity index (χ1n) is 4.43. The highest BCUT2D eigenvalue weighted by Gasteiger charge is 2.01. The number of allylic oxidation sites excluding steroid dienone is 4. The third-order valence-corrected chi connectivity index (χ3v) is 1.71. The lowest BCUT2D eigenvalue weighted by molar-refractivity contribution is 0.909. The van der Waals surface area contributed by atoms with E-state index in [1.54, 1.807) is 0 Å². The fraction of sp³-hybridized carbons (Fsp3) is 0.455. The molecule has 0 fully saturated rings. The van der Waals surface area contributed by atoms with Crippen molar-refractivity contribution in [3.63, 3.8) is 0 Å². The molecule has 1 unspecified atom stereocenters. The molecule has 0 spiro atoms. The van der Waals surface area contributed by atoms with Crippen molar-refractivity contribution in [3.05, 3.63) is 36.5 Å². The molecule has 1 atom stereocenters. The Kier molecular flexibility index (Phi) is 6.39. The third kappa shape index (κ3) is 4.14. The Balaban J connectivity index is 4.22. The second kappa shape index (κ2) is 6.86. The minimum atomic E-state index is 0.319. The SMILES string of the molecule is C=C(CN)C(C=CC)C=CCC. The minimum Gasteiger partial charge on any atom is -0.327 e. The Morgan fingerprint density at radius 1 is 1.50 bits per heavy atom. The smallest absolute Gasteiger partial charge is 0.0167 e. The van der Waals surface area contributed by atoms with Gasteiger partial charge >= 0.3 is 0 Å². The Labute approximate surface area is 75.7 Å². The van der Waals surface area contributed by atoms with Gasteiger partial charge in [0.15, 0.2) is 0 Å². The molecule has 0 saturated heterocycles. The van der Waals surface area contributed by atoms with E-state index in [0.717, 1.165) is 12.0 Å². The summed E-state index contributed by atoms with van der Waals surface area (Å²) in [4.78, 5) is 0. The summed E-state index contributed by atoms with van der Waals surface area (Å²) in [6.45, 7) is 8.61. The van der Waals surface area contributed by atoms with Crippen molar-refractivity contribution in [1.82, 2.24) is 0 Å². The second-order valence-electron chi connectivity index (χ2n) is 2.75. The van der Waals surface area contributed by atoms with Crippen LogP contribution in [0.4, 0.5) is 0 Å². The first kappa shape index (κ1) is 11.2. The molecule has 0 saturated carbocycles. The molecule has 2 N–H and O–H groups in total. The van der Waals surface area contributed by atoms with Crippen molar-refractivity contribution in [3.8, 4) is 0 Å². The highest BCUT2D eigenvalue weighted by atomic mass is 14.5. The highest BCUT2D eigenvalue weighted by Crippen LogP contribution is 2.11. The maximum atomic E-state index is 5.51. The summed E-state index contributed by atoms with van der Waals surface area (Å²) < 4.78 is 0. The Morgan fingerprint density at radius 3 is 2.58 bits per heavy atom. The van der Waals surface area contributed by atoms with Crippen LogP contribution in [0.25, 0.3) is 0 Å². The molecule has 12 heavy (non-hydrogen) atoms. The first-order valence-corrected chi connectivity index (χ1v) is 4.43. The molecule has 0 heterocycles. The van der Waals surface area contributed by atoms with Crippen LogP contribution >= 0.6 is 0 Å². The third-order valence-electron chi connectivity index (χ3n) is 1.71. The summed E-state index contributed by atoms with van der Waals surface area (Å²) in [5, 5.41) is 0. The molecule has 0 aromatic heterocycles. The normalized spacial score (nSPS) is 14.2. The van der Waals surface area contributed by atoms with Crippen LogP contribution in [0.5, 0.6) is 0 Å². The van der Waals surface area contributed by atoms with Gasteiger partial charge in [-0.15, -0.1) is 0 Å². The van der Waals surface area contributed by atoms with E-state index in [1.165, 1.54) is 0 Å². The molecule has 0 aliphatic rings. The predicted molar refractivity (Wildman–Crippen MR) is 55.9 cm³/mol. The maximum Gasteiger partial charge on any atom is 0.0167 e. The van der Waals surface area contributed by atoms with Gasteiger partial charge in [-0.2, -0.15) is 0 Å². The molecule has 0 radical (unpaired) electrons. The Hall–Kier alpha value is -0.820. The zero-order chi connectivity index (χ0) is 9.40. The van der Waals surface area contributed by atoms with Gasteiger partial charge in [-0.1, -0.05) is 43.4 Å². The van der Waals surface area contributed by atoms with Gasteiger partial charge in [0.2, 0.25) is 0 Å². The lowest BCUT2D eigenvalue weighted by Crippen LogP contribution is -2.08. The van der Waals surface area contributed by atoms with Crippen molar-refractivity contribution in [2.75, 3.05) is 6.54 Å². The lowest BCUT2D eigenvalue weighted by Gasteiger charge is -2.08. The van der Waals surface area contributed by atoms with E-state index in [1.807, 2.05) is 13.0 Å². The zero-order valence-electron chi connectivity index (χ0n) is 8.09. The van der Waals surface area contributed by atoms with E-state index in [-0.39, 0.29) is 0 Å². The van der Waals surface area contributed by atoms with Gasteiger partial charge in [0.25, 0.3) is 0 Å². The summed E-state index contributed by atoms with van der Waals surface area (Å²) >= 11 is 0. The first-order chi connectivity index (χ1) is 5.76. The predicted octanol–water partition coefficient (Wildman–Crippen LogP) is 2.66. The zero-order valence-corrected chi connectivity index (χ0v) is 8.09. The van der Waals surface area contributed by atoms with E-state index in [9.17, 15) is 0 Å². The summed E-state index contributed by atoms with van der Waals surface area (Å²) in [6.07, 6.45) is 9.50. The van der Waals surface area contributed by atoms with Crippen LogP contribution in [0.2, 0.25) is 0 Å². The van der Waals surface area contributed by atoms with Crippen LogP contribution in [0, 0.1) is 5.92 Å². The van der Waals surface area contributed by atoms with Crippen LogP contribution in [-0.4, -0.2) is 6.54 Å². The van der Waals surface area contributed by atoms with Crippen LogP contribution in [0.3, 0.4) is 0 Å². The average Bonchev–Trinajstić information content (AvgIpc) is 2.11. The molecule has 0 rings (SSSR count). The van der Waals surface area contributed by atoms with Crippen LogP contribution in [0.1, 0.15) is 20.3 Å². The number of hydrogen-bond acceptors (Lipinski definition) is 1. The Morgan fingerprint density at radius 2 is 2.17 bits per heavy atom. The molecule has 0 aliphatic heterocycles. The van der Waals surface area contributed by atoms with Crippen molar-refractivity contribution in [1.29, 1.82) is 0 Å². The maximum absolute atomic E-state index is 5.51. The van der Waals surface area contributed by atoms with Gasteiger partial charge in [0.1, 0.15) is 0 Å². The van der Waals surface area contributed by atoms with Gasteiger partial charge < -0.3 is 5.73 Å². The summed E-state index contributed by atoms with van der Waals surface area (Å²) in [5.41, 5.74) is 6.58. The van der Waals surface area contributed by atoms with E-state index >= 15 is 0 Å². The average molecular weight is 165 g/mol. The number of rotatable bonds is 5. The largest absolute Gasteiger partial charge is 0.327 e. The molecule has 1 nitrogen and oxygen atoms in total. The van der Waals surface area contributed by atoms with Gasteiger partial charge in [-0.25, -0.2) is 0 Å². The molecular formula is C11H19N. The molecule has 0 aromatic carbocycles. The lowest BCUT2D eigenvalue weighted by atomic mass is 9.99. The van der Waals surface area contributed by atoms with Crippen LogP contribution in [0.15, 0.2) is 36.5 Å². The molecular weight excluding hydrogens is 146 g/mol. The van der Waals surface area contributed by atoms with Crippen molar-refractivity contribution < 1.29 is 0 Å². The number of hydrogen-bond donors (Lipinski definition) is 1. The minimum absolute atomic E-state index is 0.319. The standard InChI is InChI=1S/C11H19N/c1-4-6-8-11(7-5-2)10(3)9-12/h5-8,11H,3-4,9,12H2,1-2H3. The molecule has 68 valence electrons. The van der Waals surface area contributed by atoms with Gasteiger partial charge in [-0.05, 0) is 13.3 Å².